The van der Waals surface area contributed by atoms with Crippen LogP contribution in [0.4, 0.5) is 0 Å². The molecule has 0 spiro atoms. The van der Waals surface area contributed by atoms with Crippen LogP contribution in [0.2, 0.25) is 0 Å². The molecule has 96 valence electrons. The van der Waals surface area contributed by atoms with Gasteiger partial charge in [-0.1, -0.05) is 40.8 Å². The van der Waals surface area contributed by atoms with Crippen molar-refractivity contribution in [2.75, 3.05) is 11.0 Å². The van der Waals surface area contributed by atoms with Gasteiger partial charge in [-0.05, 0) is 32.4 Å². The highest BCUT2D eigenvalue weighted by atomic mass is 127. The van der Waals surface area contributed by atoms with E-state index in [0.29, 0.717) is 11.4 Å². The molecule has 0 aliphatic rings. The molecule has 1 rings (SSSR count). The molecule has 0 fully saturated rings. The van der Waals surface area contributed by atoms with Gasteiger partial charge in [0.25, 0.3) is 0 Å². The summed E-state index contributed by atoms with van der Waals surface area (Å²) in [5.74, 6) is 0. The van der Waals surface area contributed by atoms with E-state index in [1.807, 2.05) is 19.9 Å². The van der Waals surface area contributed by atoms with Gasteiger partial charge in [-0.2, -0.15) is 4.31 Å². The molecule has 0 unspecified atom stereocenters. The second-order valence-electron chi connectivity index (χ2n) is 4.07. The highest BCUT2D eigenvalue weighted by molar-refractivity contribution is 14.1. The Morgan fingerprint density at radius 3 is 2.29 bits per heavy atom. The number of sulfonamides is 1. The second-order valence-corrected chi connectivity index (χ2v) is 7.03. The Labute approximate surface area is 117 Å². The Kier molecular flexibility index (Phi) is 5.88. The van der Waals surface area contributed by atoms with E-state index in [4.69, 9.17) is 0 Å². The summed E-state index contributed by atoms with van der Waals surface area (Å²) >= 11 is 2.27. The quantitative estimate of drug-likeness (QED) is 0.573. The molecule has 1 aromatic rings. The first-order chi connectivity index (χ1) is 8.00. The highest BCUT2D eigenvalue weighted by Gasteiger charge is 2.25. The zero-order valence-corrected chi connectivity index (χ0v) is 13.1. The van der Waals surface area contributed by atoms with E-state index in [1.165, 1.54) is 0 Å². The van der Waals surface area contributed by atoms with Crippen molar-refractivity contribution in [1.82, 2.24) is 4.31 Å². The smallest absolute Gasteiger partial charge is 0.207 e. The number of nitrogens with zero attached hydrogens (tertiary/aromatic N) is 1. The van der Waals surface area contributed by atoms with E-state index in [2.05, 4.69) is 22.6 Å². The molecule has 0 aliphatic carbocycles. The minimum atomic E-state index is -3.34. The van der Waals surface area contributed by atoms with Gasteiger partial charge in [-0.3, -0.25) is 0 Å². The standard InChI is InChI=1S/C12H18INO2S/c1-11(2)14(10-6-9-13)17(15,16)12-7-4-3-5-8-12/h3-5,7-8,11H,6,9-10H2,1-2H3. The molecule has 0 heterocycles. The van der Waals surface area contributed by atoms with Crippen molar-refractivity contribution >= 4 is 32.6 Å². The molecule has 0 N–H and O–H groups in total. The Bertz CT molecular complexity index is 431. The zero-order chi connectivity index (χ0) is 12.9. The van der Waals surface area contributed by atoms with Crippen molar-refractivity contribution in [2.45, 2.75) is 31.2 Å². The van der Waals surface area contributed by atoms with Crippen LogP contribution in [0.1, 0.15) is 20.3 Å². The van der Waals surface area contributed by atoms with E-state index < -0.39 is 10.0 Å². The van der Waals surface area contributed by atoms with Gasteiger partial charge >= 0.3 is 0 Å². The van der Waals surface area contributed by atoms with Crippen molar-refractivity contribution in [2.24, 2.45) is 0 Å². The fourth-order valence-corrected chi connectivity index (χ4v) is 3.64. The fraction of sp³-hybridized carbons (Fsp3) is 0.500. The maximum atomic E-state index is 12.4. The van der Waals surface area contributed by atoms with Crippen molar-refractivity contribution < 1.29 is 8.42 Å². The molecule has 3 nitrogen and oxygen atoms in total. The number of hydrogen-bond donors (Lipinski definition) is 0. The molecule has 0 saturated carbocycles. The maximum absolute atomic E-state index is 12.4. The van der Waals surface area contributed by atoms with E-state index in [0.717, 1.165) is 10.8 Å². The van der Waals surface area contributed by atoms with Crippen LogP contribution in [0.25, 0.3) is 0 Å². The molecule has 1 aromatic carbocycles. The van der Waals surface area contributed by atoms with Gasteiger partial charge < -0.3 is 0 Å². The predicted octanol–water partition coefficient (Wildman–Crippen LogP) is 2.91. The average Bonchev–Trinajstić information content (AvgIpc) is 2.30. The first kappa shape index (κ1) is 14.9. The van der Waals surface area contributed by atoms with Crippen LogP contribution in [0.5, 0.6) is 0 Å². The van der Waals surface area contributed by atoms with Crippen molar-refractivity contribution in [3.63, 3.8) is 0 Å². The highest BCUT2D eigenvalue weighted by Crippen LogP contribution is 2.18. The van der Waals surface area contributed by atoms with Crippen LogP contribution in [0.3, 0.4) is 0 Å². The molecular formula is C12H18INO2S. The van der Waals surface area contributed by atoms with Crippen LogP contribution < -0.4 is 0 Å². The minimum Gasteiger partial charge on any atom is -0.207 e. The summed E-state index contributed by atoms with van der Waals surface area (Å²) in [4.78, 5) is 0.377. The molecular weight excluding hydrogens is 349 g/mol. The third kappa shape index (κ3) is 3.93. The van der Waals surface area contributed by atoms with Crippen LogP contribution in [0, 0.1) is 0 Å². The van der Waals surface area contributed by atoms with Gasteiger partial charge in [-0.15, -0.1) is 0 Å². The zero-order valence-electron chi connectivity index (χ0n) is 10.1. The fourth-order valence-electron chi connectivity index (χ4n) is 1.60. The number of alkyl halides is 1. The third-order valence-electron chi connectivity index (χ3n) is 2.44. The van der Waals surface area contributed by atoms with Gasteiger partial charge in [0.1, 0.15) is 0 Å². The molecule has 0 radical (unpaired) electrons. The van der Waals surface area contributed by atoms with Crippen molar-refractivity contribution in [3.8, 4) is 0 Å². The second kappa shape index (κ2) is 6.70. The van der Waals surface area contributed by atoms with Gasteiger partial charge in [0, 0.05) is 17.0 Å². The molecule has 17 heavy (non-hydrogen) atoms. The Morgan fingerprint density at radius 1 is 1.24 bits per heavy atom. The maximum Gasteiger partial charge on any atom is 0.243 e. The number of benzene rings is 1. The molecule has 0 bridgehead atoms. The van der Waals surface area contributed by atoms with Crippen LogP contribution in [-0.2, 0) is 10.0 Å². The summed E-state index contributed by atoms with van der Waals surface area (Å²) < 4.78 is 27.3. The molecule has 0 aliphatic heterocycles. The van der Waals surface area contributed by atoms with E-state index in [1.54, 1.807) is 28.6 Å². The van der Waals surface area contributed by atoms with Crippen LogP contribution in [0.15, 0.2) is 35.2 Å². The summed E-state index contributed by atoms with van der Waals surface area (Å²) in [5, 5.41) is 0. The van der Waals surface area contributed by atoms with Crippen LogP contribution in [-0.4, -0.2) is 29.7 Å². The normalized spacial score (nSPS) is 12.3. The first-order valence-electron chi connectivity index (χ1n) is 5.63. The summed E-state index contributed by atoms with van der Waals surface area (Å²) in [6.45, 7) is 4.40. The van der Waals surface area contributed by atoms with E-state index >= 15 is 0 Å². The molecule has 5 heteroatoms. The molecule has 0 atom stereocenters. The van der Waals surface area contributed by atoms with E-state index in [9.17, 15) is 8.42 Å². The summed E-state index contributed by atoms with van der Waals surface area (Å²) in [6, 6.07) is 8.61. The first-order valence-corrected chi connectivity index (χ1v) is 8.59. The predicted molar refractivity (Wildman–Crippen MR) is 79.0 cm³/mol. The lowest BCUT2D eigenvalue weighted by atomic mass is 10.4. The third-order valence-corrected chi connectivity index (χ3v) is 5.29. The molecule has 0 aromatic heterocycles. The number of halogens is 1. The molecule has 0 saturated heterocycles. The van der Waals surface area contributed by atoms with Crippen molar-refractivity contribution in [3.05, 3.63) is 30.3 Å². The summed E-state index contributed by atoms with van der Waals surface area (Å²) in [6.07, 6.45) is 0.880. The number of rotatable bonds is 6. The van der Waals surface area contributed by atoms with Gasteiger partial charge in [-0.25, -0.2) is 8.42 Å². The Balaban J connectivity index is 3.01. The van der Waals surface area contributed by atoms with Gasteiger partial charge in [0.05, 0.1) is 4.90 Å². The lowest BCUT2D eigenvalue weighted by Gasteiger charge is -2.25. The van der Waals surface area contributed by atoms with Crippen LogP contribution >= 0.6 is 22.6 Å². The molecule has 0 amide bonds. The lowest BCUT2D eigenvalue weighted by molar-refractivity contribution is 0.355. The van der Waals surface area contributed by atoms with E-state index in [-0.39, 0.29) is 6.04 Å². The summed E-state index contributed by atoms with van der Waals surface area (Å²) in [7, 11) is -3.34. The topological polar surface area (TPSA) is 37.4 Å². The Morgan fingerprint density at radius 2 is 1.82 bits per heavy atom. The van der Waals surface area contributed by atoms with Crippen molar-refractivity contribution in [1.29, 1.82) is 0 Å². The SMILES string of the molecule is CC(C)N(CCCI)S(=O)(=O)c1ccccc1. The van der Waals surface area contributed by atoms with Gasteiger partial charge in [0.2, 0.25) is 10.0 Å². The average molecular weight is 367 g/mol. The summed E-state index contributed by atoms with van der Waals surface area (Å²) in [5.41, 5.74) is 0. The Hall–Kier alpha value is -0.140. The monoisotopic (exact) mass is 367 g/mol. The lowest BCUT2D eigenvalue weighted by Crippen LogP contribution is -2.37. The van der Waals surface area contributed by atoms with Gasteiger partial charge in [0.15, 0.2) is 0 Å². The largest absolute Gasteiger partial charge is 0.243 e. The number of hydrogen-bond acceptors (Lipinski definition) is 2. The minimum absolute atomic E-state index is 0.0110.